The highest BCUT2D eigenvalue weighted by atomic mass is 14.3. The molecular weight excluding hydrogens is 122 g/mol. The Morgan fingerprint density at radius 3 is 1.80 bits per heavy atom. The summed E-state index contributed by atoms with van der Waals surface area (Å²) in [6.45, 7) is 4.52. The maximum atomic E-state index is 2.26. The highest BCUT2D eigenvalue weighted by molar-refractivity contribution is 5.48. The van der Waals surface area contributed by atoms with Gasteiger partial charge in [0.1, 0.15) is 0 Å². The quantitative estimate of drug-likeness (QED) is 0.582. The Bertz CT molecular complexity index is 222. The molecule has 54 valence electrons. The van der Waals surface area contributed by atoms with Crippen LogP contribution in [0.2, 0.25) is 0 Å². The second kappa shape index (κ2) is 1.83. The van der Waals surface area contributed by atoms with E-state index in [-0.39, 0.29) is 6.15 Å². The van der Waals surface area contributed by atoms with E-state index in [2.05, 4.69) is 38.1 Å². The van der Waals surface area contributed by atoms with E-state index in [9.17, 15) is 0 Å². The fourth-order valence-electron chi connectivity index (χ4n) is 1.39. The molecule has 1 nitrogen and oxygen atoms in total. The van der Waals surface area contributed by atoms with Gasteiger partial charge in [-0.05, 0) is 11.1 Å². The van der Waals surface area contributed by atoms with Crippen molar-refractivity contribution in [3.05, 3.63) is 35.4 Å². The van der Waals surface area contributed by atoms with Gasteiger partial charge < -0.3 is 6.15 Å². The first kappa shape index (κ1) is 7.29. The molecule has 3 N–H and O–H groups in total. The first-order chi connectivity index (χ1) is 4.21. The second-order valence-electron chi connectivity index (χ2n) is 3.21. The van der Waals surface area contributed by atoms with E-state index in [1.807, 2.05) is 0 Å². The van der Waals surface area contributed by atoms with Crippen LogP contribution in [0.1, 0.15) is 25.0 Å². The molecule has 0 fully saturated rings. The van der Waals surface area contributed by atoms with E-state index >= 15 is 0 Å². The lowest BCUT2D eigenvalue weighted by Gasteiger charge is -2.35. The standard InChI is InChI=1S/C9H10.H3N/c1-9(2)7-4-3-5-8(9)6-7;/h3-6H,1-2H3;1H3. The van der Waals surface area contributed by atoms with Gasteiger partial charge in [-0.2, -0.15) is 0 Å². The molecule has 0 saturated carbocycles. The zero-order chi connectivity index (χ0) is 6.48. The smallest absolute Gasteiger partial charge is 0.0146 e. The lowest BCUT2D eigenvalue weighted by molar-refractivity contribution is 0.595. The molecule has 10 heavy (non-hydrogen) atoms. The van der Waals surface area contributed by atoms with Crippen LogP contribution >= 0.6 is 0 Å². The average molecular weight is 135 g/mol. The summed E-state index contributed by atoms with van der Waals surface area (Å²) in [5.74, 6) is 0. The summed E-state index contributed by atoms with van der Waals surface area (Å²) < 4.78 is 0. The van der Waals surface area contributed by atoms with Gasteiger partial charge in [0.05, 0.1) is 0 Å². The molecular formula is C9H13N. The minimum absolute atomic E-state index is 0. The largest absolute Gasteiger partial charge is 0.344 e. The zero-order valence-corrected chi connectivity index (χ0v) is 6.52. The predicted octanol–water partition coefficient (Wildman–Crippen LogP) is 2.49. The topological polar surface area (TPSA) is 35.0 Å². The van der Waals surface area contributed by atoms with Crippen molar-refractivity contribution in [2.75, 3.05) is 0 Å². The Kier molecular flexibility index (Phi) is 1.33. The summed E-state index contributed by atoms with van der Waals surface area (Å²) in [5.41, 5.74) is 3.31. The van der Waals surface area contributed by atoms with Crippen molar-refractivity contribution in [3.63, 3.8) is 0 Å². The summed E-state index contributed by atoms with van der Waals surface area (Å²) in [4.78, 5) is 0. The van der Waals surface area contributed by atoms with Crippen LogP contribution in [0.15, 0.2) is 24.3 Å². The number of hydrogen-bond donors (Lipinski definition) is 1. The Morgan fingerprint density at radius 1 is 1.10 bits per heavy atom. The highest BCUT2D eigenvalue weighted by Gasteiger charge is 2.30. The normalized spacial score (nSPS) is 17.0. The lowest BCUT2D eigenvalue weighted by atomic mass is 9.69. The van der Waals surface area contributed by atoms with Crippen LogP contribution in [-0.4, -0.2) is 0 Å². The van der Waals surface area contributed by atoms with E-state index in [0.29, 0.717) is 5.41 Å². The van der Waals surface area contributed by atoms with Gasteiger partial charge in [0.15, 0.2) is 0 Å². The maximum absolute atomic E-state index is 2.26. The predicted molar refractivity (Wildman–Crippen MR) is 43.6 cm³/mol. The van der Waals surface area contributed by atoms with Gasteiger partial charge in [0.25, 0.3) is 0 Å². The third kappa shape index (κ3) is 0.611. The van der Waals surface area contributed by atoms with Crippen molar-refractivity contribution in [2.45, 2.75) is 19.3 Å². The lowest BCUT2D eigenvalue weighted by Crippen LogP contribution is -2.26. The SMILES string of the molecule is CC1(C)c2cccc1c2.N. The van der Waals surface area contributed by atoms with Gasteiger partial charge >= 0.3 is 0 Å². The molecule has 0 radical (unpaired) electrons. The number of benzene rings is 1. The van der Waals surface area contributed by atoms with Crippen LogP contribution in [0.25, 0.3) is 0 Å². The van der Waals surface area contributed by atoms with Gasteiger partial charge in [0, 0.05) is 5.41 Å². The molecule has 0 heterocycles. The van der Waals surface area contributed by atoms with E-state index in [1.54, 1.807) is 0 Å². The first-order valence-corrected chi connectivity index (χ1v) is 3.32. The molecule has 2 aliphatic carbocycles. The maximum Gasteiger partial charge on any atom is 0.0146 e. The molecule has 2 aliphatic rings. The third-order valence-corrected chi connectivity index (χ3v) is 2.31. The molecule has 1 aromatic rings. The monoisotopic (exact) mass is 135 g/mol. The summed E-state index contributed by atoms with van der Waals surface area (Å²) in [7, 11) is 0. The molecule has 0 spiro atoms. The molecule has 2 bridgehead atoms. The van der Waals surface area contributed by atoms with Crippen molar-refractivity contribution < 1.29 is 0 Å². The van der Waals surface area contributed by atoms with E-state index in [4.69, 9.17) is 0 Å². The first-order valence-electron chi connectivity index (χ1n) is 3.32. The fraction of sp³-hybridized carbons (Fsp3) is 0.333. The van der Waals surface area contributed by atoms with E-state index in [0.717, 1.165) is 0 Å². The molecule has 0 aromatic heterocycles. The van der Waals surface area contributed by atoms with Crippen molar-refractivity contribution in [2.24, 2.45) is 0 Å². The Balaban J connectivity index is 0.000000500. The fourth-order valence-corrected chi connectivity index (χ4v) is 1.39. The second-order valence-corrected chi connectivity index (χ2v) is 3.21. The van der Waals surface area contributed by atoms with Gasteiger partial charge in [0.2, 0.25) is 0 Å². The van der Waals surface area contributed by atoms with Crippen LogP contribution in [-0.2, 0) is 5.41 Å². The third-order valence-electron chi connectivity index (χ3n) is 2.31. The summed E-state index contributed by atoms with van der Waals surface area (Å²) in [5, 5.41) is 0. The molecule has 0 atom stereocenters. The van der Waals surface area contributed by atoms with Gasteiger partial charge in [-0.1, -0.05) is 38.1 Å². The van der Waals surface area contributed by atoms with Crippen molar-refractivity contribution in [3.8, 4) is 0 Å². The van der Waals surface area contributed by atoms with Crippen LogP contribution in [0.3, 0.4) is 0 Å². The Hall–Kier alpha value is -0.820. The molecule has 0 saturated heterocycles. The highest BCUT2D eigenvalue weighted by Crippen LogP contribution is 2.40. The van der Waals surface area contributed by atoms with E-state index in [1.165, 1.54) is 11.1 Å². The van der Waals surface area contributed by atoms with E-state index < -0.39 is 0 Å². The molecule has 1 heteroatoms. The summed E-state index contributed by atoms with van der Waals surface area (Å²) in [6, 6.07) is 8.75. The Morgan fingerprint density at radius 2 is 1.60 bits per heavy atom. The number of fused-ring (bicyclic) bond motifs is 2. The number of hydrogen-bond acceptors (Lipinski definition) is 1. The summed E-state index contributed by atoms with van der Waals surface area (Å²) >= 11 is 0. The van der Waals surface area contributed by atoms with Crippen molar-refractivity contribution in [1.29, 1.82) is 0 Å². The molecule has 0 unspecified atom stereocenters. The van der Waals surface area contributed by atoms with Crippen LogP contribution in [0, 0.1) is 0 Å². The Labute approximate surface area is 61.7 Å². The van der Waals surface area contributed by atoms with Gasteiger partial charge in [-0.15, -0.1) is 0 Å². The molecule has 0 amide bonds. The number of rotatable bonds is 0. The van der Waals surface area contributed by atoms with Gasteiger partial charge in [-0.25, -0.2) is 0 Å². The molecule has 1 aromatic carbocycles. The average Bonchev–Trinajstić information content (AvgIpc) is 1.89. The van der Waals surface area contributed by atoms with Crippen molar-refractivity contribution in [1.82, 2.24) is 6.15 Å². The minimum atomic E-state index is 0. The van der Waals surface area contributed by atoms with Gasteiger partial charge in [-0.3, -0.25) is 0 Å². The van der Waals surface area contributed by atoms with Crippen LogP contribution in [0.4, 0.5) is 0 Å². The minimum Gasteiger partial charge on any atom is -0.344 e. The van der Waals surface area contributed by atoms with Crippen LogP contribution < -0.4 is 6.15 Å². The zero-order valence-electron chi connectivity index (χ0n) is 6.52. The molecule has 0 aliphatic heterocycles. The van der Waals surface area contributed by atoms with Crippen molar-refractivity contribution >= 4 is 0 Å². The summed E-state index contributed by atoms with van der Waals surface area (Å²) in [6.07, 6.45) is 0. The molecule has 3 rings (SSSR count). The van der Waals surface area contributed by atoms with Crippen LogP contribution in [0.5, 0.6) is 0 Å².